The fourth-order valence-corrected chi connectivity index (χ4v) is 3.35. The van der Waals surface area contributed by atoms with Crippen molar-refractivity contribution in [2.24, 2.45) is 0 Å². The van der Waals surface area contributed by atoms with Crippen LogP contribution >= 0.6 is 15.9 Å². The molecule has 0 saturated heterocycles. The summed E-state index contributed by atoms with van der Waals surface area (Å²) in [7, 11) is 0. The van der Waals surface area contributed by atoms with E-state index in [-0.39, 0.29) is 5.57 Å². The van der Waals surface area contributed by atoms with Crippen molar-refractivity contribution in [1.29, 1.82) is 5.26 Å². The Labute approximate surface area is 196 Å². The molecular weight excluding hydrogens is 468 g/mol. The van der Waals surface area contributed by atoms with E-state index in [1.165, 1.54) is 6.08 Å². The summed E-state index contributed by atoms with van der Waals surface area (Å²) in [6.07, 6.45) is 1.52. The molecule has 0 heterocycles. The van der Waals surface area contributed by atoms with E-state index in [1.54, 1.807) is 24.3 Å². The fraction of sp³-hybridized carbons (Fsp3) is 0.154. The fourth-order valence-electron chi connectivity index (χ4n) is 2.92. The quantitative estimate of drug-likeness (QED) is 0.297. The van der Waals surface area contributed by atoms with Crippen LogP contribution in [0, 0.1) is 18.3 Å². The van der Waals surface area contributed by atoms with Crippen molar-refractivity contribution in [2.45, 2.75) is 20.5 Å². The van der Waals surface area contributed by atoms with Gasteiger partial charge < -0.3 is 14.8 Å². The first kappa shape index (κ1) is 23.1. The van der Waals surface area contributed by atoms with E-state index in [0.717, 1.165) is 11.1 Å². The third-order valence-corrected chi connectivity index (χ3v) is 5.26. The number of ether oxygens (including phenoxy) is 2. The molecule has 1 amide bonds. The van der Waals surface area contributed by atoms with Crippen molar-refractivity contribution in [2.75, 3.05) is 11.9 Å². The second kappa shape index (κ2) is 11.2. The number of carbonyl (C=O) groups is 1. The molecule has 0 bridgehead atoms. The maximum Gasteiger partial charge on any atom is 0.266 e. The summed E-state index contributed by atoms with van der Waals surface area (Å²) in [6, 6.07) is 22.7. The Morgan fingerprint density at radius 2 is 1.75 bits per heavy atom. The third-order valence-electron chi connectivity index (χ3n) is 4.57. The number of hydrogen-bond acceptors (Lipinski definition) is 4. The molecule has 3 aromatic rings. The summed E-state index contributed by atoms with van der Waals surface area (Å²) < 4.78 is 12.4. The van der Waals surface area contributed by atoms with Gasteiger partial charge in [-0.05, 0) is 55.3 Å². The topological polar surface area (TPSA) is 71.3 Å². The smallest absolute Gasteiger partial charge is 0.266 e. The van der Waals surface area contributed by atoms with Crippen LogP contribution in [-0.2, 0) is 11.4 Å². The van der Waals surface area contributed by atoms with Gasteiger partial charge in [-0.15, -0.1) is 0 Å². The zero-order chi connectivity index (χ0) is 22.9. The van der Waals surface area contributed by atoms with Crippen LogP contribution in [0.5, 0.6) is 11.5 Å². The highest BCUT2D eigenvalue weighted by Crippen LogP contribution is 2.35. The number of aryl methyl sites for hydroxylation is 1. The summed E-state index contributed by atoms with van der Waals surface area (Å²) in [5.41, 5.74) is 3.36. The average Bonchev–Trinajstić information content (AvgIpc) is 2.80. The molecule has 162 valence electrons. The molecule has 0 unspecified atom stereocenters. The van der Waals surface area contributed by atoms with Crippen molar-refractivity contribution in [3.8, 4) is 17.6 Å². The first-order chi connectivity index (χ1) is 15.5. The normalized spacial score (nSPS) is 10.9. The number of hydrogen-bond donors (Lipinski definition) is 1. The van der Waals surface area contributed by atoms with Crippen LogP contribution in [0.1, 0.15) is 23.6 Å². The monoisotopic (exact) mass is 490 g/mol. The summed E-state index contributed by atoms with van der Waals surface area (Å²) in [5.74, 6) is 0.627. The largest absolute Gasteiger partial charge is 0.490 e. The van der Waals surface area contributed by atoms with Gasteiger partial charge in [-0.2, -0.15) is 5.26 Å². The molecule has 0 aromatic heterocycles. The number of halogens is 1. The molecule has 0 aliphatic rings. The zero-order valence-corrected chi connectivity index (χ0v) is 19.5. The first-order valence-electron chi connectivity index (χ1n) is 10.1. The Morgan fingerprint density at radius 3 is 2.41 bits per heavy atom. The number of nitrogens with one attached hydrogen (secondary N) is 1. The Hall–Kier alpha value is -3.56. The number of carbonyl (C=O) groups excluding carboxylic acids is 1. The lowest BCUT2D eigenvalue weighted by Crippen LogP contribution is -2.13. The van der Waals surface area contributed by atoms with E-state index in [9.17, 15) is 10.1 Å². The minimum Gasteiger partial charge on any atom is -0.490 e. The highest BCUT2D eigenvalue weighted by atomic mass is 79.9. The molecule has 0 fully saturated rings. The van der Waals surface area contributed by atoms with Gasteiger partial charge in [-0.3, -0.25) is 4.79 Å². The van der Waals surface area contributed by atoms with Crippen LogP contribution in [0.2, 0.25) is 0 Å². The lowest BCUT2D eigenvalue weighted by molar-refractivity contribution is -0.112. The van der Waals surface area contributed by atoms with Crippen LogP contribution in [0.3, 0.4) is 0 Å². The maximum absolute atomic E-state index is 12.6. The number of nitriles is 1. The number of nitrogens with zero attached hydrogens (tertiary/aromatic N) is 1. The highest BCUT2D eigenvalue weighted by Gasteiger charge is 2.14. The average molecular weight is 491 g/mol. The summed E-state index contributed by atoms with van der Waals surface area (Å²) >= 11 is 3.52. The van der Waals surface area contributed by atoms with Crippen LogP contribution in [0.15, 0.2) is 76.8 Å². The predicted octanol–water partition coefficient (Wildman–Crippen LogP) is 6.28. The van der Waals surface area contributed by atoms with Crippen LogP contribution < -0.4 is 14.8 Å². The first-order valence-corrected chi connectivity index (χ1v) is 10.9. The Bertz CT molecular complexity index is 1150. The molecule has 6 heteroatoms. The molecule has 3 aromatic carbocycles. The molecule has 0 saturated carbocycles. The van der Waals surface area contributed by atoms with Gasteiger partial charge in [0.2, 0.25) is 0 Å². The minimum absolute atomic E-state index is 0.0216. The van der Waals surface area contributed by atoms with E-state index in [4.69, 9.17) is 9.47 Å². The van der Waals surface area contributed by atoms with E-state index in [0.29, 0.717) is 40.4 Å². The lowest BCUT2D eigenvalue weighted by atomic mass is 10.1. The summed E-state index contributed by atoms with van der Waals surface area (Å²) in [4.78, 5) is 12.6. The second-order valence-electron chi connectivity index (χ2n) is 7.02. The molecule has 0 aliphatic carbocycles. The van der Waals surface area contributed by atoms with E-state index < -0.39 is 5.91 Å². The van der Waals surface area contributed by atoms with Gasteiger partial charge in [0, 0.05) is 10.2 Å². The van der Waals surface area contributed by atoms with Crippen LogP contribution in [0.25, 0.3) is 6.08 Å². The summed E-state index contributed by atoms with van der Waals surface area (Å²) in [5, 5.41) is 12.3. The highest BCUT2D eigenvalue weighted by molar-refractivity contribution is 9.10. The van der Waals surface area contributed by atoms with E-state index in [2.05, 4.69) is 21.2 Å². The van der Waals surface area contributed by atoms with Gasteiger partial charge in [-0.1, -0.05) is 64.0 Å². The predicted molar refractivity (Wildman–Crippen MR) is 129 cm³/mol. The standard InChI is InChI=1S/C26H23BrN2O3/c1-3-31-24-14-20(23(27)15-25(24)32-17-19-7-5-4-6-8-19)13-21(16-28)26(30)29-22-11-9-18(2)10-12-22/h4-15H,3,17H2,1-2H3,(H,29,30)/b21-13+. The van der Waals surface area contributed by atoms with Crippen molar-refractivity contribution in [3.63, 3.8) is 0 Å². The van der Waals surface area contributed by atoms with Gasteiger partial charge in [0.15, 0.2) is 11.5 Å². The molecule has 0 aliphatic heterocycles. The van der Waals surface area contributed by atoms with Crippen molar-refractivity contribution in [1.82, 2.24) is 0 Å². The maximum atomic E-state index is 12.6. The number of benzene rings is 3. The van der Waals surface area contributed by atoms with Gasteiger partial charge in [0.25, 0.3) is 5.91 Å². The summed E-state index contributed by atoms with van der Waals surface area (Å²) in [6.45, 7) is 4.69. The molecule has 1 N–H and O–H groups in total. The van der Waals surface area contributed by atoms with Crippen molar-refractivity contribution in [3.05, 3.63) is 93.5 Å². The minimum atomic E-state index is -0.481. The molecule has 0 atom stereocenters. The third kappa shape index (κ3) is 6.22. The molecular formula is C26H23BrN2O3. The van der Waals surface area contributed by atoms with Gasteiger partial charge in [0.1, 0.15) is 18.2 Å². The molecule has 0 radical (unpaired) electrons. The SMILES string of the molecule is CCOc1cc(/C=C(\C#N)C(=O)Nc2ccc(C)cc2)c(Br)cc1OCc1ccccc1. The van der Waals surface area contributed by atoms with E-state index >= 15 is 0 Å². The van der Waals surface area contributed by atoms with Crippen molar-refractivity contribution >= 4 is 33.6 Å². The van der Waals surface area contributed by atoms with Crippen molar-refractivity contribution < 1.29 is 14.3 Å². The Morgan fingerprint density at radius 1 is 1.06 bits per heavy atom. The number of rotatable bonds is 8. The number of amides is 1. The Kier molecular flexibility index (Phi) is 8.07. The lowest BCUT2D eigenvalue weighted by Gasteiger charge is -2.14. The molecule has 3 rings (SSSR count). The van der Waals surface area contributed by atoms with Gasteiger partial charge in [-0.25, -0.2) is 0 Å². The van der Waals surface area contributed by atoms with E-state index in [1.807, 2.05) is 62.4 Å². The van der Waals surface area contributed by atoms with Gasteiger partial charge in [0.05, 0.1) is 6.61 Å². The zero-order valence-electron chi connectivity index (χ0n) is 17.9. The molecule has 5 nitrogen and oxygen atoms in total. The molecule has 0 spiro atoms. The molecule has 32 heavy (non-hydrogen) atoms. The second-order valence-corrected chi connectivity index (χ2v) is 7.87. The van der Waals surface area contributed by atoms with Crippen LogP contribution in [0.4, 0.5) is 5.69 Å². The van der Waals surface area contributed by atoms with Gasteiger partial charge >= 0.3 is 0 Å². The van der Waals surface area contributed by atoms with Crippen LogP contribution in [-0.4, -0.2) is 12.5 Å². The Balaban J connectivity index is 1.84. The number of anilines is 1.